The molecule has 0 N–H and O–H groups in total. The summed E-state index contributed by atoms with van der Waals surface area (Å²) in [5, 5.41) is 0.499. The number of aryl methyl sites for hydroxylation is 1. The van der Waals surface area contributed by atoms with Crippen LogP contribution in [0.4, 0.5) is 0 Å². The Morgan fingerprint density at radius 1 is 1.09 bits per heavy atom. The van der Waals surface area contributed by atoms with Crippen molar-refractivity contribution in [3.05, 3.63) is 81.7 Å². The van der Waals surface area contributed by atoms with Gasteiger partial charge in [0.2, 0.25) is 5.91 Å². The van der Waals surface area contributed by atoms with Crippen molar-refractivity contribution >= 4 is 28.7 Å². The summed E-state index contributed by atoms with van der Waals surface area (Å²) in [5.74, 6) is 0.539. The predicted molar refractivity (Wildman–Crippen MR) is 121 cm³/mol. The number of ether oxygens (including phenoxy) is 1. The number of carbonyl (C=O) groups is 2. The normalized spacial score (nSPS) is 17.5. The number of likely N-dealkylation sites (tertiary alicyclic amines) is 1. The lowest BCUT2D eigenvalue weighted by Gasteiger charge is -2.43. The summed E-state index contributed by atoms with van der Waals surface area (Å²) in [6.45, 7) is 2.89. The summed E-state index contributed by atoms with van der Waals surface area (Å²) in [5.41, 5.74) is 1.74. The number of amides is 1. The zero-order valence-electron chi connectivity index (χ0n) is 17.8. The van der Waals surface area contributed by atoms with Crippen LogP contribution in [0.15, 0.2) is 64.0 Å². The Morgan fingerprint density at radius 3 is 2.69 bits per heavy atom. The zero-order valence-corrected chi connectivity index (χ0v) is 17.8. The number of benzene rings is 2. The fourth-order valence-electron chi connectivity index (χ4n) is 4.50. The molecule has 0 atom stereocenters. The molecule has 162 valence electrons. The van der Waals surface area contributed by atoms with Gasteiger partial charge in [0.15, 0.2) is 11.2 Å². The minimum absolute atomic E-state index is 0.0878. The third-order valence-electron chi connectivity index (χ3n) is 6.34. The molecule has 2 aromatic carbocycles. The van der Waals surface area contributed by atoms with E-state index in [1.54, 1.807) is 23.1 Å². The van der Waals surface area contributed by atoms with Gasteiger partial charge in [-0.25, -0.2) is 0 Å². The van der Waals surface area contributed by atoms with Crippen molar-refractivity contribution in [3.63, 3.8) is 0 Å². The SMILES string of the molecule is Cc1ccc2occ(/C=C/C(=O)N3CCC4(CC3)CC(=O)c3ccccc3O4)c(=O)c2c1. The maximum Gasteiger partial charge on any atom is 0.246 e. The molecule has 0 aliphatic carbocycles. The first-order valence-corrected chi connectivity index (χ1v) is 10.7. The highest BCUT2D eigenvalue weighted by atomic mass is 16.5. The molecule has 6 nitrogen and oxygen atoms in total. The van der Waals surface area contributed by atoms with Gasteiger partial charge in [0.05, 0.1) is 22.9 Å². The van der Waals surface area contributed by atoms with Gasteiger partial charge in [-0.1, -0.05) is 23.8 Å². The van der Waals surface area contributed by atoms with Crippen LogP contribution in [0.3, 0.4) is 0 Å². The number of piperidine rings is 1. The molecule has 1 saturated heterocycles. The van der Waals surface area contributed by atoms with E-state index in [1.165, 1.54) is 18.4 Å². The van der Waals surface area contributed by atoms with Crippen molar-refractivity contribution in [2.75, 3.05) is 13.1 Å². The highest BCUT2D eigenvalue weighted by Crippen LogP contribution is 2.39. The smallest absolute Gasteiger partial charge is 0.246 e. The lowest BCUT2D eigenvalue weighted by molar-refractivity contribution is -0.129. The van der Waals surface area contributed by atoms with Crippen molar-refractivity contribution in [2.45, 2.75) is 31.8 Å². The van der Waals surface area contributed by atoms with Crippen molar-refractivity contribution in [2.24, 2.45) is 0 Å². The van der Waals surface area contributed by atoms with Crippen LogP contribution in [0, 0.1) is 6.92 Å². The maximum atomic E-state index is 12.7. The Bertz CT molecular complexity index is 1310. The van der Waals surface area contributed by atoms with Crippen LogP contribution < -0.4 is 10.2 Å². The molecule has 1 fully saturated rings. The topological polar surface area (TPSA) is 76.8 Å². The molecular weight excluding hydrogens is 406 g/mol. The van der Waals surface area contributed by atoms with Crippen LogP contribution in [0.25, 0.3) is 17.0 Å². The molecule has 3 heterocycles. The lowest BCUT2D eigenvalue weighted by Crippen LogP contribution is -2.52. The maximum absolute atomic E-state index is 12.7. The molecule has 0 radical (unpaired) electrons. The Balaban J connectivity index is 1.28. The molecule has 1 aromatic heterocycles. The van der Waals surface area contributed by atoms with Crippen LogP contribution >= 0.6 is 0 Å². The first-order chi connectivity index (χ1) is 15.4. The number of hydrogen-bond donors (Lipinski definition) is 0. The van der Waals surface area contributed by atoms with Crippen molar-refractivity contribution < 1.29 is 18.7 Å². The fourth-order valence-corrected chi connectivity index (χ4v) is 4.50. The molecule has 1 amide bonds. The molecule has 3 aromatic rings. The molecule has 0 unspecified atom stereocenters. The average Bonchev–Trinajstić information content (AvgIpc) is 2.79. The summed E-state index contributed by atoms with van der Waals surface area (Å²) in [7, 11) is 0. The molecule has 32 heavy (non-hydrogen) atoms. The number of fused-ring (bicyclic) bond motifs is 2. The van der Waals surface area contributed by atoms with Gasteiger partial charge in [0.25, 0.3) is 0 Å². The summed E-state index contributed by atoms with van der Waals surface area (Å²) in [6, 6.07) is 12.8. The monoisotopic (exact) mass is 429 g/mol. The first kappa shape index (κ1) is 20.2. The van der Waals surface area contributed by atoms with Gasteiger partial charge in [-0.05, 0) is 37.3 Å². The zero-order chi connectivity index (χ0) is 22.3. The fraction of sp³-hybridized carbons (Fsp3) is 0.269. The van der Waals surface area contributed by atoms with E-state index < -0.39 is 5.60 Å². The van der Waals surface area contributed by atoms with Gasteiger partial charge >= 0.3 is 0 Å². The second-order valence-corrected chi connectivity index (χ2v) is 8.56. The summed E-state index contributed by atoms with van der Waals surface area (Å²) in [4.78, 5) is 39.7. The van der Waals surface area contributed by atoms with Gasteiger partial charge in [-0.2, -0.15) is 0 Å². The molecule has 0 saturated carbocycles. The highest BCUT2D eigenvalue weighted by Gasteiger charge is 2.43. The van der Waals surface area contributed by atoms with Gasteiger partial charge in [-0.15, -0.1) is 0 Å². The Kier molecular flexibility index (Phi) is 4.93. The first-order valence-electron chi connectivity index (χ1n) is 10.7. The Labute approximate surface area is 185 Å². The van der Waals surface area contributed by atoms with E-state index in [2.05, 4.69) is 0 Å². The summed E-state index contributed by atoms with van der Waals surface area (Å²) >= 11 is 0. The second kappa shape index (κ2) is 7.79. The number of hydrogen-bond acceptors (Lipinski definition) is 5. The summed E-state index contributed by atoms with van der Waals surface area (Å²) in [6.07, 6.45) is 5.81. The average molecular weight is 429 g/mol. The standard InChI is InChI=1S/C26H23NO5/c1-17-6-8-22-20(14-17)25(30)18(16-31-22)7-9-24(29)27-12-10-26(11-13-27)15-21(28)19-4-2-3-5-23(19)32-26/h2-9,14,16H,10-13,15H2,1H3/b9-7+. The molecule has 1 spiro atoms. The van der Waals surface area contributed by atoms with Crippen molar-refractivity contribution in [1.29, 1.82) is 0 Å². The molecule has 6 heteroatoms. The van der Waals surface area contributed by atoms with Crippen LogP contribution in [-0.4, -0.2) is 35.3 Å². The number of Topliss-reactive ketones (excluding diaryl/α,β-unsaturated/α-hetero) is 1. The Morgan fingerprint density at radius 2 is 1.88 bits per heavy atom. The summed E-state index contributed by atoms with van der Waals surface area (Å²) < 4.78 is 11.8. The number of nitrogens with zero attached hydrogens (tertiary/aromatic N) is 1. The largest absolute Gasteiger partial charge is 0.486 e. The number of carbonyl (C=O) groups excluding carboxylic acids is 2. The molecule has 2 aliphatic rings. The van der Waals surface area contributed by atoms with E-state index in [0.717, 1.165) is 5.56 Å². The van der Waals surface area contributed by atoms with E-state index in [9.17, 15) is 14.4 Å². The van der Waals surface area contributed by atoms with E-state index in [1.807, 2.05) is 31.2 Å². The minimum atomic E-state index is -0.552. The molecule has 5 rings (SSSR count). The van der Waals surface area contributed by atoms with Gasteiger partial charge in [0.1, 0.15) is 23.2 Å². The van der Waals surface area contributed by atoms with Gasteiger partial charge < -0.3 is 14.1 Å². The third kappa shape index (κ3) is 3.62. The second-order valence-electron chi connectivity index (χ2n) is 8.56. The van der Waals surface area contributed by atoms with Crippen molar-refractivity contribution in [3.8, 4) is 5.75 Å². The minimum Gasteiger partial charge on any atom is -0.486 e. The van der Waals surface area contributed by atoms with E-state index in [0.29, 0.717) is 60.2 Å². The number of para-hydroxylation sites is 1. The van der Waals surface area contributed by atoms with E-state index >= 15 is 0 Å². The van der Waals surface area contributed by atoms with E-state index in [4.69, 9.17) is 9.15 Å². The third-order valence-corrected chi connectivity index (χ3v) is 6.34. The van der Waals surface area contributed by atoms with Crippen LogP contribution in [0.1, 0.15) is 40.7 Å². The predicted octanol–water partition coefficient (Wildman–Crippen LogP) is 4.14. The lowest BCUT2D eigenvalue weighted by atomic mass is 9.82. The van der Waals surface area contributed by atoms with Crippen LogP contribution in [-0.2, 0) is 4.79 Å². The van der Waals surface area contributed by atoms with Gasteiger partial charge in [-0.3, -0.25) is 14.4 Å². The number of rotatable bonds is 2. The molecular formula is C26H23NO5. The quantitative estimate of drug-likeness (QED) is 0.572. The number of ketones is 1. The van der Waals surface area contributed by atoms with E-state index in [-0.39, 0.29) is 17.1 Å². The molecule has 2 aliphatic heterocycles. The van der Waals surface area contributed by atoms with Crippen LogP contribution in [0.5, 0.6) is 5.75 Å². The highest BCUT2D eigenvalue weighted by molar-refractivity contribution is 6.00. The Hall–Kier alpha value is -3.67. The van der Waals surface area contributed by atoms with Crippen LogP contribution in [0.2, 0.25) is 0 Å². The van der Waals surface area contributed by atoms with Gasteiger partial charge in [0, 0.05) is 32.0 Å². The van der Waals surface area contributed by atoms with Crippen molar-refractivity contribution in [1.82, 2.24) is 4.90 Å². The molecule has 0 bridgehead atoms.